The van der Waals surface area contributed by atoms with E-state index in [1.165, 1.54) is 0 Å². The number of carboxylic acid groups (broad SMARTS) is 3. The second-order valence-corrected chi connectivity index (χ2v) is 2.33. The van der Waals surface area contributed by atoms with Crippen LogP contribution < -0.4 is 0 Å². The van der Waals surface area contributed by atoms with Crippen molar-refractivity contribution in [3.63, 3.8) is 0 Å². The van der Waals surface area contributed by atoms with Crippen molar-refractivity contribution in [2.45, 2.75) is 12.5 Å². The van der Waals surface area contributed by atoms with Gasteiger partial charge in [-0.1, -0.05) is 0 Å². The molecule has 0 radical (unpaired) electrons. The molecule has 0 bridgehead atoms. The highest BCUT2D eigenvalue weighted by Gasteiger charge is 2.33. The summed E-state index contributed by atoms with van der Waals surface area (Å²) < 4.78 is 0. The summed E-state index contributed by atoms with van der Waals surface area (Å²) in [6.07, 6.45) is -3.13. The monoisotopic (exact) mass is 196 g/mol. The molecule has 4 N–H and O–H groups in total. The first kappa shape index (κ1) is 11.4. The van der Waals surface area contributed by atoms with E-state index in [-0.39, 0.29) is 0 Å². The fourth-order valence-electron chi connectivity index (χ4n) is 0.694. The van der Waals surface area contributed by atoms with Crippen LogP contribution in [-0.4, -0.2) is 44.4 Å². The average molecular weight is 196 g/mol. The molecule has 0 heterocycles. The maximum atomic E-state index is 10.3. The molecule has 0 saturated carbocycles. The zero-order valence-corrected chi connectivity index (χ0v) is 6.38. The Morgan fingerprint density at radius 3 is 1.69 bits per heavy atom. The largest absolute Gasteiger partial charge is 0.481 e. The van der Waals surface area contributed by atoms with Gasteiger partial charge in [-0.25, -0.2) is 4.79 Å². The predicted octanol–water partition coefficient (Wildman–Crippen LogP) is -1.39. The molecule has 7 nitrogen and oxygen atoms in total. The SMILES string of the molecule is O=C(O)C(O)[13CH]([13CH2][13C](=O)O)[13C](=O)O. The second-order valence-electron chi connectivity index (χ2n) is 2.33. The standard InChI is InChI=1S/C6H8O7/c7-3(8)1-2(5(10)11)4(9)6(12)13/h2,4,9H,1H2,(H,7,8)(H,10,11)(H,12,13)/i1+1,2+1,3+1,5+1. The molecule has 2 atom stereocenters. The van der Waals surface area contributed by atoms with Gasteiger partial charge in [-0.15, -0.1) is 0 Å². The second kappa shape index (κ2) is 4.41. The summed E-state index contributed by atoms with van der Waals surface area (Å²) in [6.45, 7) is 0. The van der Waals surface area contributed by atoms with Crippen molar-refractivity contribution in [1.82, 2.24) is 0 Å². The quantitative estimate of drug-likeness (QED) is 0.398. The number of carbonyl (C=O) groups is 3. The van der Waals surface area contributed by atoms with Crippen LogP contribution in [0.3, 0.4) is 0 Å². The molecule has 74 valence electrons. The van der Waals surface area contributed by atoms with Crippen molar-refractivity contribution in [3.05, 3.63) is 0 Å². The van der Waals surface area contributed by atoms with Gasteiger partial charge >= 0.3 is 17.9 Å². The van der Waals surface area contributed by atoms with Gasteiger partial charge in [0.25, 0.3) is 0 Å². The molecule has 0 aromatic rings. The lowest BCUT2D eigenvalue weighted by Gasteiger charge is -2.12. The van der Waals surface area contributed by atoms with Crippen molar-refractivity contribution in [1.29, 1.82) is 0 Å². The summed E-state index contributed by atoms with van der Waals surface area (Å²) in [4.78, 5) is 30.5. The molecule has 0 aromatic carbocycles. The average Bonchev–Trinajstić information content (AvgIpc) is 1.97. The van der Waals surface area contributed by atoms with Crippen LogP contribution in [0.2, 0.25) is 0 Å². The highest BCUT2D eigenvalue weighted by molar-refractivity contribution is 5.85. The van der Waals surface area contributed by atoms with Crippen LogP contribution in [0.25, 0.3) is 0 Å². The molecular weight excluding hydrogens is 188 g/mol. The van der Waals surface area contributed by atoms with Crippen molar-refractivity contribution >= 4 is 17.9 Å². The van der Waals surface area contributed by atoms with Gasteiger partial charge in [0.15, 0.2) is 6.10 Å². The normalized spacial score (nSPS) is 14.5. The minimum Gasteiger partial charge on any atom is -0.481 e. The number of aliphatic hydroxyl groups excluding tert-OH is 1. The van der Waals surface area contributed by atoms with Crippen LogP contribution in [-0.2, 0) is 14.4 Å². The Morgan fingerprint density at radius 2 is 1.46 bits per heavy atom. The van der Waals surface area contributed by atoms with Gasteiger partial charge in [-0.05, 0) is 0 Å². The molecule has 0 fully saturated rings. The van der Waals surface area contributed by atoms with E-state index in [2.05, 4.69) is 0 Å². The Balaban J connectivity index is 4.51. The molecule has 0 aromatic heterocycles. The lowest BCUT2D eigenvalue weighted by Crippen LogP contribution is -2.36. The minimum atomic E-state index is -2.20. The molecule has 13 heavy (non-hydrogen) atoms. The summed E-state index contributed by atoms with van der Waals surface area (Å²) in [5, 5.41) is 33.5. The van der Waals surface area contributed by atoms with Crippen molar-refractivity contribution in [2.75, 3.05) is 0 Å². The molecule has 0 saturated heterocycles. The lowest BCUT2D eigenvalue weighted by molar-refractivity contribution is -0.162. The lowest BCUT2D eigenvalue weighted by atomic mass is 10.4. The molecule has 2 unspecified atom stereocenters. The van der Waals surface area contributed by atoms with Crippen LogP contribution in [0.4, 0.5) is 0 Å². The van der Waals surface area contributed by atoms with Gasteiger partial charge in [-0.3, -0.25) is 9.59 Å². The van der Waals surface area contributed by atoms with Crippen LogP contribution in [0.1, 0.15) is 6.42 Å². The highest BCUT2D eigenvalue weighted by Crippen LogP contribution is 2.09. The summed E-state index contributed by atoms with van der Waals surface area (Å²) in [7, 11) is 0. The topological polar surface area (TPSA) is 132 Å². The molecule has 7 heteroatoms. The van der Waals surface area contributed by atoms with E-state index in [4.69, 9.17) is 20.4 Å². The van der Waals surface area contributed by atoms with Crippen molar-refractivity contribution < 1.29 is 34.8 Å². The number of hydrogen-bond acceptors (Lipinski definition) is 4. The predicted molar refractivity (Wildman–Crippen MR) is 37.0 cm³/mol. The smallest absolute Gasteiger partial charge is 0.333 e. The molecule has 0 rings (SSSR count). The van der Waals surface area contributed by atoms with Crippen molar-refractivity contribution in [3.8, 4) is 0 Å². The maximum absolute atomic E-state index is 10.3. The van der Waals surface area contributed by atoms with E-state index >= 15 is 0 Å². The third kappa shape index (κ3) is 3.52. The number of rotatable bonds is 5. The van der Waals surface area contributed by atoms with E-state index in [1.807, 2.05) is 0 Å². The van der Waals surface area contributed by atoms with Crippen molar-refractivity contribution in [2.24, 2.45) is 5.92 Å². The summed E-state index contributed by atoms with van der Waals surface area (Å²) in [6, 6.07) is 0. The first-order valence-electron chi connectivity index (χ1n) is 3.21. The Hall–Kier alpha value is -1.63. The molecular formula is C6H8O7. The molecule has 0 aliphatic heterocycles. The summed E-state index contributed by atoms with van der Waals surface area (Å²) in [5.74, 6) is -6.71. The van der Waals surface area contributed by atoms with E-state index < -0.39 is 36.4 Å². The number of hydrogen-bond donors (Lipinski definition) is 4. The Labute approximate surface area is 72.2 Å². The Morgan fingerprint density at radius 1 is 1.00 bits per heavy atom. The Bertz CT molecular complexity index is 233. The molecule has 0 aliphatic carbocycles. The van der Waals surface area contributed by atoms with Crippen LogP contribution in [0.5, 0.6) is 0 Å². The zero-order valence-electron chi connectivity index (χ0n) is 6.38. The number of aliphatic carboxylic acids is 3. The third-order valence-corrected chi connectivity index (χ3v) is 1.35. The van der Waals surface area contributed by atoms with E-state index in [9.17, 15) is 14.4 Å². The van der Waals surface area contributed by atoms with Crippen LogP contribution in [0.15, 0.2) is 0 Å². The van der Waals surface area contributed by atoms with E-state index in [1.54, 1.807) is 0 Å². The number of aliphatic hydroxyl groups is 1. The molecule has 0 spiro atoms. The fourth-order valence-corrected chi connectivity index (χ4v) is 0.694. The van der Waals surface area contributed by atoms with Crippen LogP contribution in [0, 0.1) is 5.92 Å². The third-order valence-electron chi connectivity index (χ3n) is 1.35. The van der Waals surface area contributed by atoms with Gasteiger partial charge in [0.2, 0.25) is 0 Å². The highest BCUT2D eigenvalue weighted by atomic mass is 16.5. The van der Waals surface area contributed by atoms with Gasteiger partial charge in [0.1, 0.15) is 5.92 Å². The van der Waals surface area contributed by atoms with Gasteiger partial charge in [0.05, 0.1) is 6.42 Å². The molecule has 0 amide bonds. The fraction of sp³-hybridized carbons (Fsp3) is 0.500. The van der Waals surface area contributed by atoms with E-state index in [0.29, 0.717) is 0 Å². The maximum Gasteiger partial charge on any atom is 0.333 e. The first-order valence-corrected chi connectivity index (χ1v) is 3.21. The van der Waals surface area contributed by atoms with Gasteiger partial charge < -0.3 is 20.4 Å². The number of carboxylic acids is 3. The van der Waals surface area contributed by atoms with Gasteiger partial charge in [-0.2, -0.15) is 0 Å². The summed E-state index contributed by atoms with van der Waals surface area (Å²) >= 11 is 0. The van der Waals surface area contributed by atoms with Crippen LogP contribution >= 0.6 is 0 Å². The summed E-state index contributed by atoms with van der Waals surface area (Å²) in [5.41, 5.74) is 0. The minimum absolute atomic E-state index is 0.928. The zero-order chi connectivity index (χ0) is 10.6. The van der Waals surface area contributed by atoms with Gasteiger partial charge in [0, 0.05) is 0 Å². The van der Waals surface area contributed by atoms with E-state index in [0.717, 1.165) is 0 Å². The molecule has 0 aliphatic rings. The first-order chi connectivity index (χ1) is 5.86. The Kier molecular flexibility index (Phi) is 3.86.